The van der Waals surface area contributed by atoms with E-state index in [1.54, 1.807) is 60.7 Å². The number of primary amides is 1. The van der Waals surface area contributed by atoms with Crippen LogP contribution in [0.15, 0.2) is 82.9 Å². The molecule has 7 rings (SSSR count). The number of allylic oxidation sites excluding steroid dienone is 2. The predicted octanol–water partition coefficient (Wildman–Crippen LogP) is 5.06. The summed E-state index contributed by atoms with van der Waals surface area (Å²) in [5, 5.41) is 12.0. The molecule has 0 aromatic heterocycles. The molecule has 3 aromatic rings. The zero-order valence-corrected chi connectivity index (χ0v) is 26.7. The Morgan fingerprint density at radius 2 is 1.74 bits per heavy atom. The number of rotatable bonds is 4. The summed E-state index contributed by atoms with van der Waals surface area (Å²) in [6.07, 6.45) is 1.94. The van der Waals surface area contributed by atoms with E-state index in [2.05, 4.69) is 15.9 Å². The average molecular weight is 705 g/mol. The average Bonchev–Trinajstić information content (AvgIpc) is 3.43. The Morgan fingerprint density at radius 1 is 1.00 bits per heavy atom. The predicted molar refractivity (Wildman–Crippen MR) is 170 cm³/mol. The lowest BCUT2D eigenvalue weighted by Crippen LogP contribution is -2.53. The van der Waals surface area contributed by atoms with Crippen molar-refractivity contribution in [1.82, 2.24) is 4.90 Å². The van der Waals surface area contributed by atoms with Gasteiger partial charge in [-0.05, 0) is 54.7 Å². The topological polar surface area (TPSA) is 147 Å². The maximum absolute atomic E-state index is 15.2. The first-order valence-electron chi connectivity index (χ1n) is 14.6. The Morgan fingerprint density at radius 3 is 2.41 bits per heavy atom. The van der Waals surface area contributed by atoms with Crippen LogP contribution in [0.2, 0.25) is 5.02 Å². The van der Waals surface area contributed by atoms with E-state index in [1.807, 2.05) is 6.08 Å². The molecule has 234 valence electrons. The zero-order chi connectivity index (χ0) is 32.7. The highest BCUT2D eigenvalue weighted by molar-refractivity contribution is 9.10. The van der Waals surface area contributed by atoms with Crippen molar-refractivity contribution in [3.05, 3.63) is 99.0 Å². The minimum Gasteiger partial charge on any atom is -0.504 e. The quantitative estimate of drug-likeness (QED) is 0.285. The summed E-state index contributed by atoms with van der Waals surface area (Å²) < 4.78 is 6.05. The number of hydrogen-bond acceptors (Lipinski definition) is 7. The Bertz CT molecular complexity index is 1900. The number of methoxy groups -OCH3 is 1. The number of hydrogen-bond donors (Lipinski definition) is 2. The molecule has 0 radical (unpaired) electrons. The number of amides is 6. The molecule has 0 bridgehead atoms. The van der Waals surface area contributed by atoms with Gasteiger partial charge in [0.2, 0.25) is 23.6 Å². The lowest BCUT2D eigenvalue weighted by molar-refractivity contribution is -0.136. The normalized spacial score (nSPS) is 28.5. The van der Waals surface area contributed by atoms with E-state index >= 15 is 4.79 Å². The van der Waals surface area contributed by atoms with E-state index < -0.39 is 64.7 Å². The molecule has 12 heteroatoms. The van der Waals surface area contributed by atoms with Crippen LogP contribution in [-0.4, -0.2) is 46.8 Å². The van der Waals surface area contributed by atoms with Crippen LogP contribution >= 0.6 is 27.5 Å². The van der Waals surface area contributed by atoms with Gasteiger partial charge < -0.3 is 15.6 Å². The van der Waals surface area contributed by atoms with Crippen LogP contribution in [-0.2, 0) is 24.6 Å². The van der Waals surface area contributed by atoms with Crippen molar-refractivity contribution < 1.29 is 33.8 Å². The van der Waals surface area contributed by atoms with Gasteiger partial charge in [0.05, 0.1) is 36.0 Å². The number of anilines is 1. The third-order valence-corrected chi connectivity index (χ3v) is 10.7. The van der Waals surface area contributed by atoms with Gasteiger partial charge in [-0.3, -0.25) is 19.2 Å². The number of urea groups is 1. The smallest absolute Gasteiger partial charge is 0.328 e. The highest BCUT2D eigenvalue weighted by atomic mass is 79.9. The summed E-state index contributed by atoms with van der Waals surface area (Å²) >= 11 is 9.84. The number of carbonyl (C=O) groups excluding carboxylic acids is 5. The van der Waals surface area contributed by atoms with Crippen molar-refractivity contribution in [3.63, 3.8) is 0 Å². The van der Waals surface area contributed by atoms with Crippen molar-refractivity contribution in [2.75, 3.05) is 12.0 Å². The van der Waals surface area contributed by atoms with Gasteiger partial charge in [-0.15, -0.1) is 0 Å². The molecule has 3 aromatic carbocycles. The van der Waals surface area contributed by atoms with Gasteiger partial charge in [0.15, 0.2) is 11.5 Å². The van der Waals surface area contributed by atoms with Gasteiger partial charge in [0, 0.05) is 21.0 Å². The monoisotopic (exact) mass is 703 g/mol. The van der Waals surface area contributed by atoms with Gasteiger partial charge in [0.25, 0.3) is 0 Å². The number of aromatic hydroxyl groups is 1. The molecule has 0 spiro atoms. The summed E-state index contributed by atoms with van der Waals surface area (Å²) in [5.41, 5.74) is 5.61. The fourth-order valence-electron chi connectivity index (χ4n) is 8.28. The van der Waals surface area contributed by atoms with Crippen molar-refractivity contribution in [2.45, 2.75) is 24.2 Å². The van der Waals surface area contributed by atoms with Crippen molar-refractivity contribution in [1.29, 1.82) is 0 Å². The van der Waals surface area contributed by atoms with Crippen LogP contribution in [0.5, 0.6) is 11.5 Å². The second-order valence-electron chi connectivity index (χ2n) is 12.0. The van der Waals surface area contributed by atoms with Gasteiger partial charge in [-0.2, -0.15) is 4.90 Å². The highest BCUT2D eigenvalue weighted by Gasteiger charge is 2.70. The molecule has 3 fully saturated rings. The molecule has 2 saturated heterocycles. The Balaban J connectivity index is 1.54. The molecule has 6 atom stereocenters. The number of fused-ring (bicyclic) bond motifs is 4. The summed E-state index contributed by atoms with van der Waals surface area (Å²) in [4.78, 5) is 70.7. The third-order valence-electron chi connectivity index (χ3n) is 9.99. The van der Waals surface area contributed by atoms with Gasteiger partial charge in [0.1, 0.15) is 0 Å². The van der Waals surface area contributed by atoms with Crippen LogP contribution < -0.4 is 15.4 Å². The van der Waals surface area contributed by atoms with Crippen LogP contribution in [0, 0.1) is 23.7 Å². The number of nitrogens with two attached hydrogens (primary N) is 1. The molecule has 46 heavy (non-hydrogen) atoms. The summed E-state index contributed by atoms with van der Waals surface area (Å²) in [6.45, 7) is 0. The zero-order valence-electron chi connectivity index (χ0n) is 24.4. The molecule has 2 aliphatic heterocycles. The fraction of sp³-hybridized carbons (Fsp3) is 0.265. The second kappa shape index (κ2) is 10.8. The van der Waals surface area contributed by atoms with Crippen LogP contribution in [0.25, 0.3) is 0 Å². The fourth-order valence-corrected chi connectivity index (χ4v) is 8.91. The van der Waals surface area contributed by atoms with E-state index in [9.17, 15) is 24.3 Å². The molecule has 2 aliphatic carbocycles. The first-order valence-corrected chi connectivity index (χ1v) is 15.8. The van der Waals surface area contributed by atoms with Gasteiger partial charge in [-0.1, -0.05) is 75.6 Å². The number of ether oxygens (including phenoxy) is 1. The first kappa shape index (κ1) is 30.2. The highest BCUT2D eigenvalue weighted by Crippen LogP contribution is 2.65. The molecule has 10 nitrogen and oxygen atoms in total. The van der Waals surface area contributed by atoms with E-state index in [0.717, 1.165) is 4.90 Å². The maximum Gasteiger partial charge on any atom is 0.328 e. The van der Waals surface area contributed by atoms with Gasteiger partial charge in [-0.25, -0.2) is 9.69 Å². The number of nitrogens with zero attached hydrogens (tertiary/aromatic N) is 2. The van der Waals surface area contributed by atoms with Crippen LogP contribution in [0.1, 0.15) is 29.9 Å². The van der Waals surface area contributed by atoms with E-state index in [1.165, 1.54) is 13.2 Å². The summed E-state index contributed by atoms with van der Waals surface area (Å²) in [7, 11) is 1.40. The van der Waals surface area contributed by atoms with Crippen LogP contribution in [0.3, 0.4) is 0 Å². The van der Waals surface area contributed by atoms with Crippen molar-refractivity contribution in [2.24, 2.45) is 29.4 Å². The summed E-state index contributed by atoms with van der Waals surface area (Å²) in [5.74, 6) is -7.15. The lowest BCUT2D eigenvalue weighted by atomic mass is 9.49. The molecule has 3 N–H and O–H groups in total. The molecule has 2 heterocycles. The van der Waals surface area contributed by atoms with E-state index in [0.29, 0.717) is 31.1 Å². The Kier molecular flexibility index (Phi) is 7.09. The maximum atomic E-state index is 15.2. The Labute approximate surface area is 276 Å². The van der Waals surface area contributed by atoms with Crippen molar-refractivity contribution in [3.8, 4) is 11.5 Å². The minimum atomic E-state index is -1.59. The molecular formula is C34H27BrClN3O7. The number of benzene rings is 3. The molecule has 0 unspecified atom stereocenters. The number of imide groups is 4. The largest absolute Gasteiger partial charge is 0.504 e. The third kappa shape index (κ3) is 4.04. The molecule has 6 amide bonds. The van der Waals surface area contributed by atoms with Gasteiger partial charge >= 0.3 is 6.03 Å². The van der Waals surface area contributed by atoms with E-state index in [4.69, 9.17) is 22.1 Å². The number of likely N-dealkylation sites (tertiary alicyclic amines) is 1. The SMILES string of the molecule is COc1cc(Br)cc([C@H]2C3=CC[C@@H]4C(=O)N(C(N)=O)C(=O)[C@@H]4[C@@H]3C[C@H]3C(=O)N(c4cccc(Cl)c4)C(=O)[C@@]23c2ccccc2)c1O. The van der Waals surface area contributed by atoms with Crippen LogP contribution in [0.4, 0.5) is 10.5 Å². The summed E-state index contributed by atoms with van der Waals surface area (Å²) in [6, 6.07) is 17.5. The lowest BCUT2D eigenvalue weighted by Gasteiger charge is -2.50. The number of phenols is 1. The Hall–Kier alpha value is -4.48. The first-order chi connectivity index (χ1) is 22.0. The molecular weight excluding hydrogens is 678 g/mol. The second-order valence-corrected chi connectivity index (χ2v) is 13.3. The van der Waals surface area contributed by atoms with E-state index in [-0.39, 0.29) is 30.0 Å². The standard InChI is InChI=1S/C34H27BrClN3O7/c1-46-25-13-17(35)12-23(28(25)40)27-20-10-11-21-26(31(43)39(29(21)41)33(37)45)22(20)15-24-30(42)38(19-9-5-8-18(36)14-19)32(44)34(24,27)16-6-3-2-4-7-16/h2-10,12-14,21-22,24,26-27,40H,11,15H2,1H3,(H2,37,45)/t21-,22+,24-,26-,27+,34+/m0/s1. The van der Waals surface area contributed by atoms with Crippen molar-refractivity contribution >= 4 is 62.9 Å². The number of carbonyl (C=O) groups is 5. The minimum absolute atomic E-state index is 0.0254. The molecule has 4 aliphatic rings. The number of phenolic OH excluding ortho intramolecular Hbond substituents is 1. The number of halogens is 2. The molecule has 1 saturated carbocycles.